The van der Waals surface area contributed by atoms with E-state index >= 15 is 0 Å². The van der Waals surface area contributed by atoms with Gasteiger partial charge in [0.25, 0.3) is 0 Å². The van der Waals surface area contributed by atoms with Crippen LogP contribution in [-0.2, 0) is 21.4 Å². The van der Waals surface area contributed by atoms with Gasteiger partial charge in [-0.1, -0.05) is 48.0 Å². The molecule has 0 radical (unpaired) electrons. The predicted octanol–water partition coefficient (Wildman–Crippen LogP) is 4.68. The number of likely N-dealkylation sites (N-methyl/N-ethyl adjacent to an activating group) is 1. The second-order valence-electron chi connectivity index (χ2n) is 13.4. The monoisotopic (exact) mass is 625 g/mol. The number of fused-ring (bicyclic) bond motifs is 1. The van der Waals surface area contributed by atoms with E-state index in [1.807, 2.05) is 48.5 Å². The molecule has 3 heterocycles. The van der Waals surface area contributed by atoms with E-state index in [4.69, 9.17) is 16.3 Å². The van der Waals surface area contributed by atoms with E-state index in [0.29, 0.717) is 23.6 Å². The number of anilines is 1. The number of rotatable bonds is 3. The van der Waals surface area contributed by atoms with Gasteiger partial charge in [-0.2, -0.15) is 0 Å². The molecule has 3 aromatic rings. The minimum absolute atomic E-state index is 0.0282. The first-order chi connectivity index (χ1) is 21.7. The number of benzodiazepines with no additional fused rings is 1. The Morgan fingerprint density at radius 2 is 1.87 bits per heavy atom. The molecule has 232 valence electrons. The number of hydrogen-bond acceptors (Lipinski definition) is 7. The van der Waals surface area contributed by atoms with Crippen LogP contribution in [0.5, 0.6) is 11.5 Å². The average molecular weight is 626 g/mol. The van der Waals surface area contributed by atoms with E-state index in [-0.39, 0.29) is 30.0 Å². The number of ketones is 1. The smallest absolute Gasteiger partial charge is 0.248 e. The molecule has 9 rings (SSSR count). The van der Waals surface area contributed by atoms with Crippen LogP contribution >= 0.6 is 11.6 Å². The standard InChI is InChI=1S/C20H23NO4.C16H13ClN2O/c22-13-4-3-12-9-15-20(24)6-5-14(23)18-19(20,16(12)17(13)25-18)7-8-21(15)10-11-1-2-11;1-19-14-8-7-12(17)9-13(14)16(18-10-15(19)20)11-5-3-2-4-6-11/h3-4,11,15,18,22,24H,1-2,5-10H2;2-9H,10H2,1H3/t15-,18+,19+,20-;/m1./s1. The molecule has 2 bridgehead atoms. The van der Waals surface area contributed by atoms with Crippen LogP contribution in [0.25, 0.3) is 0 Å². The Kier molecular flexibility index (Phi) is 6.64. The fourth-order valence-corrected chi connectivity index (χ4v) is 8.74. The van der Waals surface area contributed by atoms with E-state index < -0.39 is 17.1 Å². The molecule has 1 spiro atoms. The summed E-state index contributed by atoms with van der Waals surface area (Å²) in [6.07, 6.45) is 4.33. The zero-order valence-electron chi connectivity index (χ0n) is 25.2. The van der Waals surface area contributed by atoms with Crippen molar-refractivity contribution in [2.24, 2.45) is 10.9 Å². The highest BCUT2D eigenvalue weighted by Gasteiger charge is 2.73. The van der Waals surface area contributed by atoms with Gasteiger partial charge in [0.2, 0.25) is 5.91 Å². The van der Waals surface area contributed by atoms with Gasteiger partial charge in [-0.05, 0) is 74.4 Å². The lowest BCUT2D eigenvalue weighted by molar-refractivity contribution is -0.188. The van der Waals surface area contributed by atoms with Crippen molar-refractivity contribution in [1.82, 2.24) is 4.90 Å². The summed E-state index contributed by atoms with van der Waals surface area (Å²) < 4.78 is 6.04. The highest BCUT2D eigenvalue weighted by atomic mass is 35.5. The molecule has 3 fully saturated rings. The molecular weight excluding hydrogens is 590 g/mol. The minimum Gasteiger partial charge on any atom is -0.504 e. The molecule has 3 aromatic carbocycles. The number of phenolic OH excluding ortho intramolecular Hbond substituents is 1. The van der Waals surface area contributed by atoms with Crippen molar-refractivity contribution in [1.29, 1.82) is 0 Å². The summed E-state index contributed by atoms with van der Waals surface area (Å²) in [5, 5.41) is 22.9. The van der Waals surface area contributed by atoms with Gasteiger partial charge in [0.15, 0.2) is 23.4 Å². The van der Waals surface area contributed by atoms with Gasteiger partial charge < -0.3 is 19.8 Å². The average Bonchev–Trinajstić information content (AvgIpc) is 3.80. The molecule has 2 saturated carbocycles. The van der Waals surface area contributed by atoms with Crippen LogP contribution < -0.4 is 9.64 Å². The minimum atomic E-state index is -0.940. The second-order valence-corrected chi connectivity index (χ2v) is 13.8. The first kappa shape index (κ1) is 28.7. The number of aromatic hydroxyl groups is 1. The summed E-state index contributed by atoms with van der Waals surface area (Å²) in [5.41, 5.74) is 3.96. The Bertz CT molecular complexity index is 1760. The number of carbonyl (C=O) groups is 2. The van der Waals surface area contributed by atoms with Crippen molar-refractivity contribution < 1.29 is 24.5 Å². The highest BCUT2D eigenvalue weighted by molar-refractivity contribution is 6.32. The van der Waals surface area contributed by atoms with E-state index in [1.54, 1.807) is 24.1 Å². The summed E-state index contributed by atoms with van der Waals surface area (Å²) in [6, 6.07) is 19.0. The molecule has 2 N–H and O–H groups in total. The Morgan fingerprint density at radius 1 is 1.07 bits per heavy atom. The number of phenols is 1. The maximum Gasteiger partial charge on any atom is 0.248 e. The maximum absolute atomic E-state index is 12.7. The number of aliphatic hydroxyl groups is 1. The Labute approximate surface area is 267 Å². The van der Waals surface area contributed by atoms with Crippen molar-refractivity contribution in [2.75, 3.05) is 31.6 Å². The van der Waals surface area contributed by atoms with Crippen molar-refractivity contribution in [3.63, 3.8) is 0 Å². The zero-order valence-corrected chi connectivity index (χ0v) is 26.0. The lowest BCUT2D eigenvalue weighted by Gasteiger charge is -2.62. The van der Waals surface area contributed by atoms with Gasteiger partial charge in [0.05, 0.1) is 22.4 Å². The van der Waals surface area contributed by atoms with E-state index in [1.165, 1.54) is 12.8 Å². The molecule has 3 aliphatic heterocycles. The predicted molar refractivity (Wildman–Crippen MR) is 172 cm³/mol. The molecule has 45 heavy (non-hydrogen) atoms. The summed E-state index contributed by atoms with van der Waals surface area (Å²) in [6.45, 7) is 2.10. The summed E-state index contributed by atoms with van der Waals surface area (Å²) >= 11 is 6.11. The molecule has 1 saturated heterocycles. The SMILES string of the molecule is CN1C(=O)CN=C(c2ccccc2)c2cc(Cl)ccc21.O=C1CC[C@@]2(O)[C@H]3Cc4ccc(O)c5c4[C@@]2(CCN3CC2CC2)[C@H]1O5. The number of nitrogens with zero attached hydrogens (tertiary/aromatic N) is 3. The van der Waals surface area contributed by atoms with Crippen molar-refractivity contribution >= 4 is 34.7 Å². The number of halogens is 1. The van der Waals surface area contributed by atoms with Gasteiger partial charge in [0.1, 0.15) is 6.54 Å². The van der Waals surface area contributed by atoms with Crippen LogP contribution in [0.3, 0.4) is 0 Å². The largest absolute Gasteiger partial charge is 0.504 e. The summed E-state index contributed by atoms with van der Waals surface area (Å²) in [7, 11) is 1.76. The first-order valence-corrected chi connectivity index (χ1v) is 16.3. The molecule has 6 aliphatic rings. The normalized spacial score (nSPS) is 29.5. The van der Waals surface area contributed by atoms with Crippen LogP contribution in [0.15, 0.2) is 65.7 Å². The van der Waals surface area contributed by atoms with Crippen molar-refractivity contribution in [3.05, 3.63) is 87.9 Å². The number of aliphatic imine (C=N–C) groups is 1. The number of likely N-dealkylation sites (tertiary alicyclic amines) is 1. The van der Waals surface area contributed by atoms with Crippen LogP contribution in [-0.4, -0.2) is 76.9 Å². The number of hydrogen-bond donors (Lipinski definition) is 2. The molecule has 3 aliphatic carbocycles. The lowest BCUT2D eigenvalue weighted by atomic mass is 9.49. The van der Waals surface area contributed by atoms with Gasteiger partial charge in [-0.3, -0.25) is 19.5 Å². The zero-order chi connectivity index (χ0) is 31.1. The van der Waals surface area contributed by atoms with Crippen molar-refractivity contribution in [3.8, 4) is 11.5 Å². The summed E-state index contributed by atoms with van der Waals surface area (Å²) in [5.74, 6) is 1.36. The van der Waals surface area contributed by atoms with Gasteiger partial charge >= 0.3 is 0 Å². The third-order valence-electron chi connectivity index (χ3n) is 10.9. The van der Waals surface area contributed by atoms with Gasteiger partial charge in [-0.15, -0.1) is 0 Å². The van der Waals surface area contributed by atoms with Gasteiger partial charge in [-0.25, -0.2) is 0 Å². The Balaban J connectivity index is 0.000000138. The quantitative estimate of drug-likeness (QED) is 0.438. The number of benzene rings is 3. The second kappa shape index (κ2) is 10.4. The van der Waals surface area contributed by atoms with Crippen LogP contribution in [0.1, 0.15) is 54.4 Å². The molecule has 0 aromatic heterocycles. The lowest BCUT2D eigenvalue weighted by Crippen LogP contribution is -2.76. The number of Topliss-reactive ketones (excluding diaryl/α,β-unsaturated/α-hetero) is 1. The van der Waals surface area contributed by atoms with Gasteiger partial charge in [0, 0.05) is 47.8 Å². The molecular formula is C36H36ClN3O5. The fourth-order valence-electron chi connectivity index (χ4n) is 8.57. The number of ether oxygens (including phenoxy) is 1. The Hall–Kier alpha value is -3.72. The summed E-state index contributed by atoms with van der Waals surface area (Å²) in [4.78, 5) is 33.3. The number of piperidine rings is 1. The Morgan fingerprint density at radius 3 is 2.64 bits per heavy atom. The molecule has 1 amide bonds. The molecule has 8 nitrogen and oxygen atoms in total. The van der Waals surface area contributed by atoms with Crippen molar-refractivity contribution in [2.45, 2.75) is 61.7 Å². The molecule has 0 unspecified atom stereocenters. The van der Waals surface area contributed by atoms with E-state index in [2.05, 4.69) is 9.89 Å². The number of amides is 1. The topological polar surface area (TPSA) is 103 Å². The third-order valence-corrected chi connectivity index (χ3v) is 11.2. The highest BCUT2D eigenvalue weighted by Crippen LogP contribution is 2.64. The first-order valence-electron chi connectivity index (χ1n) is 15.9. The third kappa shape index (κ3) is 4.29. The maximum atomic E-state index is 12.7. The molecule has 9 heteroatoms. The van der Waals surface area contributed by atoms with E-state index in [0.717, 1.165) is 65.5 Å². The molecule has 4 atom stereocenters. The van der Waals surface area contributed by atoms with E-state index in [9.17, 15) is 19.8 Å². The van der Waals surface area contributed by atoms with Crippen LogP contribution in [0.4, 0.5) is 5.69 Å². The van der Waals surface area contributed by atoms with Crippen LogP contribution in [0, 0.1) is 5.92 Å². The van der Waals surface area contributed by atoms with Crippen LogP contribution in [0.2, 0.25) is 5.02 Å². The number of carbonyl (C=O) groups excluding carboxylic acids is 2. The fraction of sp³-hybridized carbons (Fsp3) is 0.417.